The van der Waals surface area contributed by atoms with Crippen molar-refractivity contribution in [2.75, 3.05) is 13.1 Å². The van der Waals surface area contributed by atoms with Crippen molar-refractivity contribution in [3.05, 3.63) is 71.8 Å². The van der Waals surface area contributed by atoms with E-state index in [0.717, 1.165) is 31.5 Å². The van der Waals surface area contributed by atoms with Crippen molar-refractivity contribution in [3.8, 4) is 0 Å². The van der Waals surface area contributed by atoms with Crippen molar-refractivity contribution in [1.82, 2.24) is 4.90 Å². The van der Waals surface area contributed by atoms with Crippen LogP contribution in [0, 0.1) is 0 Å². The molecule has 1 fully saturated rings. The molecule has 1 aliphatic heterocycles. The van der Waals surface area contributed by atoms with Crippen molar-refractivity contribution in [3.63, 3.8) is 0 Å². The Labute approximate surface area is 143 Å². The van der Waals surface area contributed by atoms with E-state index in [1.807, 2.05) is 48.5 Å². The van der Waals surface area contributed by atoms with Gasteiger partial charge in [0.25, 0.3) is 0 Å². The maximum Gasteiger partial charge on any atom is 0.239 e. The van der Waals surface area contributed by atoms with E-state index in [4.69, 9.17) is 10.5 Å². The van der Waals surface area contributed by atoms with Gasteiger partial charge < -0.3 is 10.5 Å². The number of amides is 1. The Morgan fingerprint density at radius 3 is 2.21 bits per heavy atom. The number of nitrogens with zero attached hydrogens (tertiary/aromatic N) is 1. The van der Waals surface area contributed by atoms with Crippen LogP contribution < -0.4 is 5.73 Å². The average molecular weight is 324 g/mol. The van der Waals surface area contributed by atoms with Crippen LogP contribution in [0.2, 0.25) is 0 Å². The number of carbonyl (C=O) groups excluding carboxylic acids is 1. The fraction of sp³-hybridized carbons (Fsp3) is 0.350. The number of rotatable bonds is 6. The summed E-state index contributed by atoms with van der Waals surface area (Å²) < 4.78 is 6.02. The number of likely N-dealkylation sites (tertiary alicyclic amines) is 1. The molecule has 1 aliphatic rings. The van der Waals surface area contributed by atoms with Crippen LogP contribution in [-0.4, -0.2) is 30.0 Å². The third-order valence-corrected chi connectivity index (χ3v) is 4.56. The van der Waals surface area contributed by atoms with E-state index in [9.17, 15) is 4.79 Å². The van der Waals surface area contributed by atoms with Gasteiger partial charge in [0, 0.05) is 13.1 Å². The lowest BCUT2D eigenvalue weighted by Gasteiger charge is -2.36. The standard InChI is InChI=1S/C20H24N2O2/c21-20(23)19(17-9-5-2-6-10-17)22-13-11-18(12-14-22)24-15-16-7-3-1-4-8-16/h1-10,18-19H,11-15H2,(H2,21,23)/t19-/m0/s1. The molecule has 0 spiro atoms. The van der Waals surface area contributed by atoms with Crippen LogP contribution in [0.3, 0.4) is 0 Å². The van der Waals surface area contributed by atoms with E-state index >= 15 is 0 Å². The molecule has 2 aromatic rings. The molecule has 4 nitrogen and oxygen atoms in total. The third-order valence-electron chi connectivity index (χ3n) is 4.56. The molecule has 0 radical (unpaired) electrons. The molecule has 1 heterocycles. The Morgan fingerprint density at radius 1 is 1.04 bits per heavy atom. The van der Waals surface area contributed by atoms with E-state index in [1.165, 1.54) is 5.56 Å². The minimum absolute atomic E-state index is 0.241. The number of piperidine rings is 1. The van der Waals surface area contributed by atoms with Gasteiger partial charge in [0.15, 0.2) is 0 Å². The molecule has 0 aliphatic carbocycles. The summed E-state index contributed by atoms with van der Waals surface area (Å²) in [6.07, 6.45) is 2.08. The molecular weight excluding hydrogens is 300 g/mol. The molecular formula is C20H24N2O2. The monoisotopic (exact) mass is 324 g/mol. The Bertz CT molecular complexity index is 637. The van der Waals surface area contributed by atoms with Gasteiger partial charge in [-0.15, -0.1) is 0 Å². The molecule has 3 rings (SSSR count). The fourth-order valence-electron chi connectivity index (χ4n) is 3.28. The first-order valence-electron chi connectivity index (χ1n) is 8.48. The number of hydrogen-bond donors (Lipinski definition) is 1. The lowest BCUT2D eigenvalue weighted by Crippen LogP contribution is -2.44. The maximum atomic E-state index is 11.9. The summed E-state index contributed by atoms with van der Waals surface area (Å²) in [4.78, 5) is 14.1. The van der Waals surface area contributed by atoms with Gasteiger partial charge in [-0.2, -0.15) is 0 Å². The molecule has 0 aromatic heterocycles. The van der Waals surface area contributed by atoms with Crippen molar-refractivity contribution >= 4 is 5.91 Å². The molecule has 1 atom stereocenters. The number of benzene rings is 2. The predicted molar refractivity (Wildman–Crippen MR) is 94.2 cm³/mol. The molecule has 4 heteroatoms. The zero-order valence-electron chi connectivity index (χ0n) is 13.8. The second-order valence-electron chi connectivity index (χ2n) is 6.25. The Hall–Kier alpha value is -2.17. The van der Waals surface area contributed by atoms with Gasteiger partial charge >= 0.3 is 0 Å². The summed E-state index contributed by atoms with van der Waals surface area (Å²) in [5.74, 6) is -0.287. The van der Waals surface area contributed by atoms with E-state index < -0.39 is 0 Å². The quantitative estimate of drug-likeness (QED) is 0.889. The van der Waals surface area contributed by atoms with E-state index in [-0.39, 0.29) is 18.1 Å². The highest BCUT2D eigenvalue weighted by Crippen LogP contribution is 2.25. The fourth-order valence-corrected chi connectivity index (χ4v) is 3.28. The topological polar surface area (TPSA) is 55.6 Å². The van der Waals surface area contributed by atoms with Gasteiger partial charge in [-0.1, -0.05) is 60.7 Å². The minimum atomic E-state index is -0.346. The summed E-state index contributed by atoms with van der Waals surface area (Å²) >= 11 is 0. The van der Waals surface area contributed by atoms with Crippen LogP contribution in [-0.2, 0) is 16.1 Å². The first kappa shape index (κ1) is 16.7. The molecule has 1 amide bonds. The van der Waals surface area contributed by atoms with Crippen molar-refractivity contribution in [1.29, 1.82) is 0 Å². The van der Waals surface area contributed by atoms with Gasteiger partial charge in [-0.25, -0.2) is 0 Å². The molecule has 1 saturated heterocycles. The van der Waals surface area contributed by atoms with Crippen LogP contribution in [0.15, 0.2) is 60.7 Å². The van der Waals surface area contributed by atoms with Crippen LogP contribution in [0.25, 0.3) is 0 Å². The number of primary amides is 1. The molecule has 2 N–H and O–H groups in total. The van der Waals surface area contributed by atoms with Crippen LogP contribution in [0.5, 0.6) is 0 Å². The zero-order valence-corrected chi connectivity index (χ0v) is 13.8. The van der Waals surface area contributed by atoms with Gasteiger partial charge in [-0.05, 0) is 24.0 Å². The first-order valence-corrected chi connectivity index (χ1v) is 8.48. The Morgan fingerprint density at radius 2 is 1.62 bits per heavy atom. The highest BCUT2D eigenvalue weighted by molar-refractivity contribution is 5.81. The molecule has 2 aromatic carbocycles. The van der Waals surface area contributed by atoms with Gasteiger partial charge in [-0.3, -0.25) is 9.69 Å². The van der Waals surface area contributed by atoms with E-state index in [2.05, 4.69) is 17.0 Å². The largest absolute Gasteiger partial charge is 0.373 e. The number of hydrogen-bond acceptors (Lipinski definition) is 3. The third kappa shape index (κ3) is 4.22. The highest BCUT2D eigenvalue weighted by atomic mass is 16.5. The molecule has 0 saturated carbocycles. The number of ether oxygens (including phenoxy) is 1. The number of nitrogens with two attached hydrogens (primary N) is 1. The highest BCUT2D eigenvalue weighted by Gasteiger charge is 2.29. The van der Waals surface area contributed by atoms with Crippen molar-refractivity contribution in [2.45, 2.75) is 31.6 Å². The zero-order chi connectivity index (χ0) is 16.8. The smallest absolute Gasteiger partial charge is 0.239 e. The van der Waals surface area contributed by atoms with Gasteiger partial charge in [0.1, 0.15) is 6.04 Å². The summed E-state index contributed by atoms with van der Waals surface area (Å²) in [5, 5.41) is 0. The second-order valence-corrected chi connectivity index (χ2v) is 6.25. The summed E-state index contributed by atoms with van der Waals surface area (Å²) in [6, 6.07) is 19.6. The lowest BCUT2D eigenvalue weighted by atomic mass is 10.00. The molecule has 24 heavy (non-hydrogen) atoms. The summed E-state index contributed by atoms with van der Waals surface area (Å²) in [7, 11) is 0. The maximum absolute atomic E-state index is 11.9. The minimum Gasteiger partial charge on any atom is -0.373 e. The normalized spacial score (nSPS) is 17.5. The van der Waals surface area contributed by atoms with Crippen LogP contribution >= 0.6 is 0 Å². The summed E-state index contributed by atoms with van der Waals surface area (Å²) in [6.45, 7) is 2.29. The van der Waals surface area contributed by atoms with E-state index in [1.54, 1.807) is 0 Å². The Kier molecular flexibility index (Phi) is 5.62. The first-order chi connectivity index (χ1) is 11.7. The van der Waals surface area contributed by atoms with Crippen molar-refractivity contribution in [2.24, 2.45) is 5.73 Å². The lowest BCUT2D eigenvalue weighted by molar-refractivity contribution is -0.124. The average Bonchev–Trinajstić information content (AvgIpc) is 2.63. The predicted octanol–water partition coefficient (Wildman–Crippen LogP) is 2.89. The molecule has 0 bridgehead atoms. The van der Waals surface area contributed by atoms with Gasteiger partial charge in [0.2, 0.25) is 5.91 Å². The number of carbonyl (C=O) groups is 1. The molecule has 0 unspecified atom stereocenters. The van der Waals surface area contributed by atoms with Gasteiger partial charge in [0.05, 0.1) is 12.7 Å². The SMILES string of the molecule is NC(=O)[C@H](c1ccccc1)N1CCC(OCc2ccccc2)CC1. The summed E-state index contributed by atoms with van der Waals surface area (Å²) in [5.41, 5.74) is 7.82. The molecule has 126 valence electrons. The van der Waals surface area contributed by atoms with Crippen LogP contribution in [0.1, 0.15) is 30.0 Å². The van der Waals surface area contributed by atoms with E-state index in [0.29, 0.717) is 6.61 Å². The van der Waals surface area contributed by atoms with Crippen LogP contribution in [0.4, 0.5) is 0 Å². The Balaban J connectivity index is 1.54. The second kappa shape index (κ2) is 8.08. The van der Waals surface area contributed by atoms with Crippen molar-refractivity contribution < 1.29 is 9.53 Å².